The van der Waals surface area contributed by atoms with E-state index in [4.69, 9.17) is 9.15 Å². The third-order valence-corrected chi connectivity index (χ3v) is 6.73. The number of carbonyl (C=O) groups is 2. The average molecular weight is 449 g/mol. The van der Waals surface area contributed by atoms with Crippen molar-refractivity contribution < 1.29 is 27.2 Å². The maximum Gasteiger partial charge on any atom is 0.226 e. The first kappa shape index (κ1) is 23.0. The fraction of sp³-hybridized carbons (Fsp3) is 0.500. The summed E-state index contributed by atoms with van der Waals surface area (Å²) >= 11 is 0. The Morgan fingerprint density at radius 3 is 2.81 bits per heavy atom. The van der Waals surface area contributed by atoms with Gasteiger partial charge in [0.1, 0.15) is 23.0 Å². The molecule has 0 bridgehead atoms. The number of sulfone groups is 1. The second-order valence-corrected chi connectivity index (χ2v) is 9.83. The molecule has 8 nitrogen and oxygen atoms in total. The van der Waals surface area contributed by atoms with Crippen LogP contribution in [0.1, 0.15) is 43.6 Å². The van der Waals surface area contributed by atoms with E-state index >= 15 is 0 Å². The summed E-state index contributed by atoms with van der Waals surface area (Å²) in [4.78, 5) is 29.9. The molecule has 168 valence electrons. The van der Waals surface area contributed by atoms with Crippen molar-refractivity contribution in [2.45, 2.75) is 44.8 Å². The minimum absolute atomic E-state index is 0.158. The molecule has 1 aliphatic heterocycles. The first-order chi connectivity index (χ1) is 14.8. The van der Waals surface area contributed by atoms with Crippen molar-refractivity contribution in [3.63, 3.8) is 0 Å². The van der Waals surface area contributed by atoms with Crippen LogP contribution in [0, 0.1) is 6.92 Å². The molecule has 0 saturated carbocycles. The number of likely N-dealkylation sites (tertiary alicyclic amines) is 1. The number of unbranched alkanes of at least 4 members (excludes halogenated alkanes) is 1. The predicted octanol–water partition coefficient (Wildman–Crippen LogP) is 2.94. The molecule has 0 radical (unpaired) electrons. The van der Waals surface area contributed by atoms with Crippen LogP contribution in [0.4, 0.5) is 0 Å². The lowest BCUT2D eigenvalue weighted by molar-refractivity contribution is -0.127. The minimum Gasteiger partial charge on any atom is -0.497 e. The van der Waals surface area contributed by atoms with Crippen LogP contribution >= 0.6 is 0 Å². The Bertz CT molecular complexity index is 1040. The SMILES string of the molecule is COc1cccc(-c2nc(CS(=O)(=O)CC(=O)CCCCN3CCCC3=O)c(C)o2)c1. The minimum atomic E-state index is -3.66. The van der Waals surface area contributed by atoms with Crippen LogP contribution in [0.2, 0.25) is 0 Å². The molecular formula is C22H28N2O6S. The molecule has 2 aromatic rings. The second-order valence-electron chi connectivity index (χ2n) is 7.77. The van der Waals surface area contributed by atoms with Gasteiger partial charge in [0.2, 0.25) is 11.8 Å². The highest BCUT2D eigenvalue weighted by atomic mass is 32.2. The molecule has 0 N–H and O–H groups in total. The Kier molecular flexibility index (Phi) is 7.48. The Balaban J connectivity index is 1.52. The number of nitrogens with zero attached hydrogens (tertiary/aromatic N) is 2. The van der Waals surface area contributed by atoms with E-state index in [2.05, 4.69) is 4.98 Å². The Labute approximate surface area is 182 Å². The van der Waals surface area contributed by atoms with E-state index in [1.807, 2.05) is 0 Å². The van der Waals surface area contributed by atoms with Crippen LogP contribution in [0.15, 0.2) is 28.7 Å². The highest BCUT2D eigenvalue weighted by molar-refractivity contribution is 7.91. The van der Waals surface area contributed by atoms with Crippen LogP contribution < -0.4 is 4.74 Å². The molecular weight excluding hydrogens is 420 g/mol. The molecule has 1 saturated heterocycles. The summed E-state index contributed by atoms with van der Waals surface area (Å²) in [6.07, 6.45) is 2.94. The van der Waals surface area contributed by atoms with Gasteiger partial charge < -0.3 is 14.1 Å². The smallest absolute Gasteiger partial charge is 0.226 e. The Morgan fingerprint density at radius 2 is 2.10 bits per heavy atom. The van der Waals surface area contributed by atoms with E-state index in [1.165, 1.54) is 0 Å². The molecule has 0 atom stereocenters. The lowest BCUT2D eigenvalue weighted by Gasteiger charge is -2.14. The zero-order valence-corrected chi connectivity index (χ0v) is 18.7. The van der Waals surface area contributed by atoms with E-state index in [0.717, 1.165) is 13.0 Å². The highest BCUT2D eigenvalue weighted by Gasteiger charge is 2.23. The van der Waals surface area contributed by atoms with Gasteiger partial charge in [-0.1, -0.05) is 6.07 Å². The van der Waals surface area contributed by atoms with E-state index < -0.39 is 15.6 Å². The number of benzene rings is 1. The van der Waals surface area contributed by atoms with Gasteiger partial charge in [-0.25, -0.2) is 13.4 Å². The molecule has 1 aliphatic rings. The number of aromatic nitrogens is 1. The van der Waals surface area contributed by atoms with Crippen molar-refractivity contribution in [3.05, 3.63) is 35.7 Å². The lowest BCUT2D eigenvalue weighted by atomic mass is 10.2. The fourth-order valence-corrected chi connectivity index (χ4v) is 5.00. The highest BCUT2D eigenvalue weighted by Crippen LogP contribution is 2.26. The molecule has 1 aromatic heterocycles. The summed E-state index contributed by atoms with van der Waals surface area (Å²) in [6.45, 7) is 3.06. The summed E-state index contributed by atoms with van der Waals surface area (Å²) in [7, 11) is -2.10. The molecule has 3 rings (SSSR count). The van der Waals surface area contributed by atoms with Crippen molar-refractivity contribution in [2.24, 2.45) is 0 Å². The monoisotopic (exact) mass is 448 g/mol. The summed E-state index contributed by atoms with van der Waals surface area (Å²) < 4.78 is 35.9. The number of ketones is 1. The third-order valence-electron chi connectivity index (χ3n) is 5.25. The van der Waals surface area contributed by atoms with Gasteiger partial charge in [0.05, 0.1) is 18.6 Å². The molecule has 1 fully saturated rings. The normalized spacial score (nSPS) is 14.3. The number of rotatable bonds is 11. The van der Waals surface area contributed by atoms with Crippen molar-refractivity contribution in [1.82, 2.24) is 9.88 Å². The van der Waals surface area contributed by atoms with Gasteiger partial charge in [0.15, 0.2) is 9.84 Å². The number of carbonyl (C=O) groups excluding carboxylic acids is 2. The van der Waals surface area contributed by atoms with Crippen molar-refractivity contribution in [2.75, 3.05) is 26.0 Å². The molecule has 1 aromatic carbocycles. The van der Waals surface area contributed by atoms with E-state index in [9.17, 15) is 18.0 Å². The summed E-state index contributed by atoms with van der Waals surface area (Å²) in [5.74, 6) is 0.333. The van der Waals surface area contributed by atoms with Crippen LogP contribution in [-0.4, -0.2) is 55.9 Å². The second kappa shape index (κ2) is 10.1. The standard InChI is InChI=1S/C22H28N2O6S/c1-16-20(23-22(30-16)17-7-5-9-19(13-17)29-2)15-31(27,28)14-18(25)8-3-4-11-24-12-6-10-21(24)26/h5,7,9,13H,3-4,6,8,10-12,14-15H2,1-2H3. The fourth-order valence-electron chi connectivity index (χ4n) is 3.58. The van der Waals surface area contributed by atoms with Crippen molar-refractivity contribution in [1.29, 1.82) is 0 Å². The number of aryl methyl sites for hydroxylation is 1. The van der Waals surface area contributed by atoms with Crippen LogP contribution in [0.3, 0.4) is 0 Å². The van der Waals surface area contributed by atoms with Crippen LogP contribution in [-0.2, 0) is 25.2 Å². The quantitative estimate of drug-likeness (QED) is 0.487. The molecule has 9 heteroatoms. The number of amides is 1. The first-order valence-electron chi connectivity index (χ1n) is 10.4. The zero-order valence-electron chi connectivity index (χ0n) is 17.9. The van der Waals surface area contributed by atoms with Crippen LogP contribution in [0.5, 0.6) is 5.75 Å². The molecule has 1 amide bonds. The lowest BCUT2D eigenvalue weighted by Crippen LogP contribution is -2.25. The van der Waals surface area contributed by atoms with Crippen molar-refractivity contribution >= 4 is 21.5 Å². The van der Waals surface area contributed by atoms with Crippen LogP contribution in [0.25, 0.3) is 11.5 Å². The average Bonchev–Trinajstić information content (AvgIpc) is 3.30. The summed E-state index contributed by atoms with van der Waals surface area (Å²) in [5.41, 5.74) is 0.983. The maximum atomic E-state index is 12.5. The number of hydrogen-bond donors (Lipinski definition) is 0. The molecule has 2 heterocycles. The van der Waals surface area contributed by atoms with Crippen molar-refractivity contribution in [3.8, 4) is 17.2 Å². The van der Waals surface area contributed by atoms with Gasteiger partial charge in [0.25, 0.3) is 0 Å². The summed E-state index contributed by atoms with van der Waals surface area (Å²) in [6, 6.07) is 7.13. The number of ether oxygens (including phenoxy) is 1. The number of hydrogen-bond acceptors (Lipinski definition) is 7. The summed E-state index contributed by atoms with van der Waals surface area (Å²) in [5, 5.41) is 0. The first-order valence-corrected chi connectivity index (χ1v) is 12.2. The zero-order chi connectivity index (χ0) is 22.4. The molecule has 0 aliphatic carbocycles. The van der Waals surface area contributed by atoms with Gasteiger partial charge in [-0.3, -0.25) is 9.59 Å². The molecule has 31 heavy (non-hydrogen) atoms. The molecule has 0 spiro atoms. The topological polar surface area (TPSA) is 107 Å². The Morgan fingerprint density at radius 1 is 1.29 bits per heavy atom. The van der Waals surface area contributed by atoms with Gasteiger partial charge in [-0.05, 0) is 44.4 Å². The van der Waals surface area contributed by atoms with Gasteiger partial charge in [-0.15, -0.1) is 0 Å². The van der Waals surface area contributed by atoms with Gasteiger partial charge >= 0.3 is 0 Å². The maximum absolute atomic E-state index is 12.5. The third kappa shape index (κ3) is 6.40. The van der Waals surface area contributed by atoms with Gasteiger partial charge in [-0.2, -0.15) is 0 Å². The van der Waals surface area contributed by atoms with Gasteiger partial charge in [0, 0.05) is 31.5 Å². The van der Waals surface area contributed by atoms with E-state index in [1.54, 1.807) is 43.2 Å². The number of Topliss-reactive ketones (excluding diaryl/α,β-unsaturated/α-hetero) is 1. The number of methoxy groups -OCH3 is 1. The van der Waals surface area contributed by atoms with E-state index in [0.29, 0.717) is 54.5 Å². The molecule has 0 unspecified atom stereocenters. The Hall–Kier alpha value is -2.68. The largest absolute Gasteiger partial charge is 0.497 e. The number of oxazole rings is 1. The predicted molar refractivity (Wildman–Crippen MR) is 115 cm³/mol. The van der Waals surface area contributed by atoms with E-state index in [-0.39, 0.29) is 23.9 Å².